The summed E-state index contributed by atoms with van der Waals surface area (Å²) in [7, 11) is 0. The van der Waals surface area contributed by atoms with Crippen LogP contribution in [0.1, 0.15) is 31.9 Å². The maximum absolute atomic E-state index is 12.1. The van der Waals surface area contributed by atoms with E-state index in [1.165, 1.54) is 0 Å². The van der Waals surface area contributed by atoms with Crippen molar-refractivity contribution in [2.75, 3.05) is 18.5 Å². The number of rotatable bonds is 5. The minimum absolute atomic E-state index is 0.0299. The molecule has 0 aromatic heterocycles. The van der Waals surface area contributed by atoms with Crippen molar-refractivity contribution in [1.82, 2.24) is 5.32 Å². The lowest BCUT2D eigenvalue weighted by Crippen LogP contribution is -2.33. The van der Waals surface area contributed by atoms with E-state index in [1.807, 2.05) is 55.5 Å². The van der Waals surface area contributed by atoms with Gasteiger partial charge in [-0.05, 0) is 35.6 Å². The normalized spacial score (nSPS) is 11.0. The number of urea groups is 1. The van der Waals surface area contributed by atoms with Gasteiger partial charge in [-0.15, -0.1) is 0 Å². The smallest absolute Gasteiger partial charge is 0.319 e. The Kier molecular flexibility index (Phi) is 5.85. The standard InChI is InChI=1S/C20H26N2O2/c1-15-9-5-8-12-18(15)24-14-13-21-19(23)22-17-11-7-6-10-16(17)20(2,3)4/h5-12H,13-14H2,1-4H3,(H2,21,22,23). The second-order valence-corrected chi connectivity index (χ2v) is 6.79. The van der Waals surface area contributed by atoms with E-state index in [0.717, 1.165) is 22.6 Å². The Balaban J connectivity index is 1.83. The van der Waals surface area contributed by atoms with Crippen molar-refractivity contribution < 1.29 is 9.53 Å². The van der Waals surface area contributed by atoms with Crippen LogP contribution < -0.4 is 15.4 Å². The van der Waals surface area contributed by atoms with E-state index in [9.17, 15) is 4.79 Å². The summed E-state index contributed by atoms with van der Waals surface area (Å²) in [6.07, 6.45) is 0. The SMILES string of the molecule is Cc1ccccc1OCCNC(=O)Nc1ccccc1C(C)(C)C. The molecule has 4 heteroatoms. The molecule has 2 N–H and O–H groups in total. The molecule has 0 fully saturated rings. The van der Waals surface area contributed by atoms with Gasteiger partial charge in [0.2, 0.25) is 0 Å². The van der Waals surface area contributed by atoms with Crippen LogP contribution in [0.2, 0.25) is 0 Å². The first-order valence-electron chi connectivity index (χ1n) is 8.21. The number of amides is 2. The number of para-hydroxylation sites is 2. The van der Waals surface area contributed by atoms with Crippen molar-refractivity contribution in [1.29, 1.82) is 0 Å². The van der Waals surface area contributed by atoms with Gasteiger partial charge in [0, 0.05) is 5.69 Å². The highest BCUT2D eigenvalue weighted by Crippen LogP contribution is 2.29. The average Bonchev–Trinajstić information content (AvgIpc) is 2.52. The summed E-state index contributed by atoms with van der Waals surface area (Å²) in [6, 6.07) is 15.5. The van der Waals surface area contributed by atoms with Crippen molar-refractivity contribution in [3.05, 3.63) is 59.7 Å². The van der Waals surface area contributed by atoms with Crippen LogP contribution in [0.5, 0.6) is 5.75 Å². The second kappa shape index (κ2) is 7.86. The van der Waals surface area contributed by atoms with E-state index in [-0.39, 0.29) is 11.4 Å². The van der Waals surface area contributed by atoms with Crippen LogP contribution in [0.25, 0.3) is 0 Å². The molecular weight excluding hydrogens is 300 g/mol. The van der Waals surface area contributed by atoms with Crippen molar-refractivity contribution >= 4 is 11.7 Å². The van der Waals surface area contributed by atoms with Gasteiger partial charge in [0.15, 0.2) is 0 Å². The zero-order valence-corrected chi connectivity index (χ0v) is 14.8. The van der Waals surface area contributed by atoms with Crippen LogP contribution in [0, 0.1) is 6.92 Å². The predicted octanol–water partition coefficient (Wildman–Crippen LogP) is 4.49. The van der Waals surface area contributed by atoms with Gasteiger partial charge in [0.25, 0.3) is 0 Å². The highest BCUT2D eigenvalue weighted by molar-refractivity contribution is 5.90. The minimum atomic E-state index is -0.222. The molecule has 0 saturated carbocycles. The van der Waals surface area contributed by atoms with Crippen molar-refractivity contribution in [3.63, 3.8) is 0 Å². The Morgan fingerprint density at radius 2 is 1.71 bits per heavy atom. The van der Waals surface area contributed by atoms with Gasteiger partial charge in [0.1, 0.15) is 12.4 Å². The van der Waals surface area contributed by atoms with Gasteiger partial charge in [0.05, 0.1) is 6.54 Å². The third-order valence-corrected chi connectivity index (χ3v) is 3.72. The summed E-state index contributed by atoms with van der Waals surface area (Å²) in [6.45, 7) is 9.25. The van der Waals surface area contributed by atoms with E-state index >= 15 is 0 Å². The lowest BCUT2D eigenvalue weighted by atomic mass is 9.86. The zero-order valence-electron chi connectivity index (χ0n) is 14.8. The number of ether oxygens (including phenoxy) is 1. The van der Waals surface area contributed by atoms with Crippen molar-refractivity contribution in [3.8, 4) is 5.75 Å². The zero-order chi connectivity index (χ0) is 17.6. The number of aryl methyl sites for hydroxylation is 1. The molecule has 0 spiro atoms. The van der Waals surface area contributed by atoms with Gasteiger partial charge in [-0.2, -0.15) is 0 Å². The summed E-state index contributed by atoms with van der Waals surface area (Å²) in [5.74, 6) is 0.845. The summed E-state index contributed by atoms with van der Waals surface area (Å²) in [4.78, 5) is 12.1. The molecule has 0 aliphatic carbocycles. The molecule has 0 aliphatic rings. The molecule has 2 rings (SSSR count). The van der Waals surface area contributed by atoms with Crippen LogP contribution in [-0.2, 0) is 5.41 Å². The number of nitrogens with one attached hydrogen (secondary N) is 2. The van der Waals surface area contributed by atoms with Gasteiger partial charge >= 0.3 is 6.03 Å². The average molecular weight is 326 g/mol. The molecule has 0 unspecified atom stereocenters. The minimum Gasteiger partial charge on any atom is -0.491 e. The van der Waals surface area contributed by atoms with E-state index < -0.39 is 0 Å². The molecule has 128 valence electrons. The topological polar surface area (TPSA) is 50.4 Å². The molecule has 24 heavy (non-hydrogen) atoms. The summed E-state index contributed by atoms with van der Waals surface area (Å²) >= 11 is 0. The third-order valence-electron chi connectivity index (χ3n) is 3.72. The van der Waals surface area contributed by atoms with Gasteiger partial charge < -0.3 is 15.4 Å². The number of benzene rings is 2. The highest BCUT2D eigenvalue weighted by Gasteiger charge is 2.18. The number of anilines is 1. The lowest BCUT2D eigenvalue weighted by Gasteiger charge is -2.23. The first kappa shape index (κ1) is 17.9. The molecule has 4 nitrogen and oxygen atoms in total. The van der Waals surface area contributed by atoms with Crippen molar-refractivity contribution in [2.24, 2.45) is 0 Å². The number of hydrogen-bond acceptors (Lipinski definition) is 2. The molecule has 2 amide bonds. The Morgan fingerprint density at radius 1 is 1.04 bits per heavy atom. The van der Waals surface area contributed by atoms with Crippen LogP contribution in [0.15, 0.2) is 48.5 Å². The summed E-state index contributed by atoms with van der Waals surface area (Å²) < 4.78 is 5.67. The maximum Gasteiger partial charge on any atom is 0.319 e. The quantitative estimate of drug-likeness (QED) is 0.795. The second-order valence-electron chi connectivity index (χ2n) is 6.79. The lowest BCUT2D eigenvalue weighted by molar-refractivity contribution is 0.247. The molecule has 0 atom stereocenters. The fourth-order valence-electron chi connectivity index (χ4n) is 2.46. The molecule has 0 saturated heterocycles. The third kappa shape index (κ3) is 5.01. The first-order valence-corrected chi connectivity index (χ1v) is 8.21. The van der Waals surface area contributed by atoms with Crippen molar-refractivity contribution in [2.45, 2.75) is 33.1 Å². The Morgan fingerprint density at radius 3 is 2.42 bits per heavy atom. The van der Waals surface area contributed by atoms with Crippen LogP contribution in [-0.4, -0.2) is 19.2 Å². The largest absolute Gasteiger partial charge is 0.491 e. The molecule has 0 aliphatic heterocycles. The monoisotopic (exact) mass is 326 g/mol. The number of carbonyl (C=O) groups excluding carboxylic acids is 1. The molecule has 0 heterocycles. The fourth-order valence-corrected chi connectivity index (χ4v) is 2.46. The molecule has 2 aromatic carbocycles. The molecular formula is C20H26N2O2. The molecule has 0 bridgehead atoms. The Labute approximate surface area is 144 Å². The van der Waals surface area contributed by atoms with E-state index in [4.69, 9.17) is 4.74 Å². The maximum atomic E-state index is 12.1. The van der Waals surface area contributed by atoms with E-state index in [2.05, 4.69) is 31.4 Å². The van der Waals surface area contributed by atoms with Crippen LogP contribution in [0.4, 0.5) is 10.5 Å². The van der Waals surface area contributed by atoms with E-state index in [0.29, 0.717) is 13.2 Å². The van der Waals surface area contributed by atoms with E-state index in [1.54, 1.807) is 0 Å². The fraction of sp³-hybridized carbons (Fsp3) is 0.350. The summed E-state index contributed by atoms with van der Waals surface area (Å²) in [5, 5.41) is 5.75. The number of hydrogen-bond donors (Lipinski definition) is 2. The van der Waals surface area contributed by atoms with Crippen LogP contribution in [0.3, 0.4) is 0 Å². The predicted molar refractivity (Wildman–Crippen MR) is 98.8 cm³/mol. The first-order chi connectivity index (χ1) is 11.4. The molecule has 2 aromatic rings. The van der Waals surface area contributed by atoms with Crippen LogP contribution >= 0.6 is 0 Å². The highest BCUT2D eigenvalue weighted by atomic mass is 16.5. The van der Waals surface area contributed by atoms with Gasteiger partial charge in [-0.3, -0.25) is 0 Å². The summed E-state index contributed by atoms with van der Waals surface area (Å²) in [5.41, 5.74) is 3.00. The van der Waals surface area contributed by atoms with Gasteiger partial charge in [-0.25, -0.2) is 4.79 Å². The molecule has 0 radical (unpaired) electrons. The number of carbonyl (C=O) groups is 1. The Bertz CT molecular complexity index is 690. The Hall–Kier alpha value is -2.49. The van der Waals surface area contributed by atoms with Gasteiger partial charge in [-0.1, -0.05) is 57.2 Å².